The third-order valence-electron chi connectivity index (χ3n) is 4.08. The molecular formula is C21H19NO4S. The van der Waals surface area contributed by atoms with Gasteiger partial charge >= 0.3 is 5.97 Å². The van der Waals surface area contributed by atoms with Crippen LogP contribution < -0.4 is 4.72 Å². The monoisotopic (exact) mass is 381 g/mol. The Morgan fingerprint density at radius 2 is 1.41 bits per heavy atom. The van der Waals surface area contributed by atoms with Crippen molar-refractivity contribution in [3.8, 4) is 0 Å². The predicted octanol–water partition coefficient (Wildman–Crippen LogP) is 3.54. The second-order valence-corrected chi connectivity index (χ2v) is 7.73. The second kappa shape index (κ2) is 8.16. The molecule has 0 saturated carbocycles. The number of sulfonamides is 1. The number of nitrogens with one attached hydrogen (secondary N) is 1. The number of esters is 1. The van der Waals surface area contributed by atoms with Crippen molar-refractivity contribution in [3.63, 3.8) is 0 Å². The lowest BCUT2D eigenvalue weighted by Gasteiger charge is -2.19. The lowest BCUT2D eigenvalue weighted by Crippen LogP contribution is -2.19. The smallest absolute Gasteiger partial charge is 0.339 e. The summed E-state index contributed by atoms with van der Waals surface area (Å²) in [5.74, 6) is -0.596. The zero-order valence-electron chi connectivity index (χ0n) is 14.7. The predicted molar refractivity (Wildman–Crippen MR) is 103 cm³/mol. The first kappa shape index (κ1) is 18.8. The normalized spacial score (nSPS) is 11.3. The molecule has 0 aliphatic rings. The molecule has 0 bridgehead atoms. The van der Waals surface area contributed by atoms with E-state index in [-0.39, 0.29) is 10.5 Å². The van der Waals surface area contributed by atoms with Crippen molar-refractivity contribution < 1.29 is 17.9 Å². The van der Waals surface area contributed by atoms with Gasteiger partial charge in [0.2, 0.25) is 10.0 Å². The van der Waals surface area contributed by atoms with Gasteiger partial charge in [0.1, 0.15) is 0 Å². The average Bonchev–Trinajstić information content (AvgIpc) is 2.73. The number of carbonyl (C=O) groups is 1. The molecule has 3 rings (SSSR count). The lowest BCUT2D eigenvalue weighted by atomic mass is 10.0. The van der Waals surface area contributed by atoms with Gasteiger partial charge in [0, 0.05) is 0 Å². The van der Waals surface area contributed by atoms with Crippen molar-refractivity contribution in [1.82, 2.24) is 4.72 Å². The fraction of sp³-hybridized carbons (Fsp3) is 0.0952. The van der Waals surface area contributed by atoms with E-state index in [1.54, 1.807) is 0 Å². The molecule has 0 saturated heterocycles. The maximum absolute atomic E-state index is 12.7. The second-order valence-electron chi connectivity index (χ2n) is 5.84. The Kier molecular flexibility index (Phi) is 5.69. The topological polar surface area (TPSA) is 72.5 Å². The van der Waals surface area contributed by atoms with E-state index in [1.165, 1.54) is 31.3 Å². The van der Waals surface area contributed by atoms with Crippen LogP contribution in [0.4, 0.5) is 0 Å². The van der Waals surface area contributed by atoms with E-state index in [0.717, 1.165) is 11.1 Å². The number of hydrogen-bond donors (Lipinski definition) is 1. The highest BCUT2D eigenvalue weighted by molar-refractivity contribution is 7.89. The summed E-state index contributed by atoms with van der Waals surface area (Å²) in [7, 11) is -2.32. The first-order chi connectivity index (χ1) is 13.0. The van der Waals surface area contributed by atoms with Crippen molar-refractivity contribution in [3.05, 3.63) is 102 Å². The molecule has 0 amide bonds. The quantitative estimate of drug-likeness (QED) is 0.663. The maximum atomic E-state index is 12.7. The molecule has 27 heavy (non-hydrogen) atoms. The van der Waals surface area contributed by atoms with Crippen LogP contribution in [-0.4, -0.2) is 21.4 Å². The molecule has 3 aromatic rings. The summed E-state index contributed by atoms with van der Waals surface area (Å²) in [6.07, 6.45) is -0.593. The third kappa shape index (κ3) is 4.42. The van der Waals surface area contributed by atoms with Crippen LogP contribution in [-0.2, 0) is 14.8 Å². The standard InChI is InChI=1S/C21H19NO4S/c1-22-27(24,25)19-14-8-13-18(15-19)21(23)26-20(16-9-4-2-5-10-16)17-11-6-3-7-12-17/h2-15,20,22H,1H3. The van der Waals surface area contributed by atoms with E-state index in [4.69, 9.17) is 4.74 Å². The lowest BCUT2D eigenvalue weighted by molar-refractivity contribution is 0.0378. The first-order valence-electron chi connectivity index (χ1n) is 8.36. The van der Waals surface area contributed by atoms with Gasteiger partial charge in [-0.2, -0.15) is 0 Å². The Hall–Kier alpha value is -2.96. The molecule has 0 atom stereocenters. The molecule has 5 nitrogen and oxygen atoms in total. The van der Waals surface area contributed by atoms with Crippen molar-refractivity contribution in [2.75, 3.05) is 7.05 Å². The van der Waals surface area contributed by atoms with Gasteiger partial charge in [0.25, 0.3) is 0 Å². The number of benzene rings is 3. The Morgan fingerprint density at radius 3 is 1.93 bits per heavy atom. The molecule has 1 N–H and O–H groups in total. The summed E-state index contributed by atoms with van der Waals surface area (Å²) >= 11 is 0. The summed E-state index contributed by atoms with van der Waals surface area (Å²) in [6.45, 7) is 0. The number of rotatable bonds is 6. The van der Waals surface area contributed by atoms with E-state index >= 15 is 0 Å². The van der Waals surface area contributed by atoms with Gasteiger partial charge in [-0.05, 0) is 36.4 Å². The number of carbonyl (C=O) groups excluding carboxylic acids is 1. The Balaban J connectivity index is 1.93. The molecule has 0 radical (unpaired) electrons. The van der Waals surface area contributed by atoms with Crippen LogP contribution in [0.1, 0.15) is 27.6 Å². The molecule has 0 aromatic heterocycles. The molecule has 0 aliphatic heterocycles. The molecule has 0 aliphatic carbocycles. The number of hydrogen-bond acceptors (Lipinski definition) is 4. The van der Waals surface area contributed by atoms with Crippen LogP contribution >= 0.6 is 0 Å². The average molecular weight is 381 g/mol. The van der Waals surface area contributed by atoms with Crippen molar-refractivity contribution >= 4 is 16.0 Å². The van der Waals surface area contributed by atoms with Crippen molar-refractivity contribution in [2.24, 2.45) is 0 Å². The van der Waals surface area contributed by atoms with Gasteiger partial charge < -0.3 is 4.74 Å². The highest BCUT2D eigenvalue weighted by Crippen LogP contribution is 2.27. The van der Waals surface area contributed by atoms with Crippen LogP contribution in [0.3, 0.4) is 0 Å². The Bertz CT molecular complexity index is 979. The SMILES string of the molecule is CNS(=O)(=O)c1cccc(C(=O)OC(c2ccccc2)c2ccccc2)c1. The molecule has 0 spiro atoms. The van der Waals surface area contributed by atoms with Crippen LogP contribution in [0.5, 0.6) is 0 Å². The summed E-state index contributed by atoms with van der Waals surface area (Å²) in [4.78, 5) is 12.7. The van der Waals surface area contributed by atoms with Crippen LogP contribution in [0.15, 0.2) is 89.8 Å². The largest absolute Gasteiger partial charge is 0.449 e. The summed E-state index contributed by atoms with van der Waals surface area (Å²) in [6, 6.07) is 24.6. The Morgan fingerprint density at radius 1 is 0.852 bits per heavy atom. The van der Waals surface area contributed by atoms with Gasteiger partial charge in [0.15, 0.2) is 6.10 Å². The zero-order valence-corrected chi connectivity index (χ0v) is 15.5. The minimum absolute atomic E-state index is 0.00965. The van der Waals surface area contributed by atoms with Gasteiger partial charge in [-0.15, -0.1) is 0 Å². The fourth-order valence-corrected chi connectivity index (χ4v) is 3.44. The van der Waals surface area contributed by atoms with Crippen molar-refractivity contribution in [2.45, 2.75) is 11.0 Å². The summed E-state index contributed by atoms with van der Waals surface area (Å²) in [5.41, 5.74) is 1.83. The molecule has 138 valence electrons. The highest BCUT2D eigenvalue weighted by Gasteiger charge is 2.21. The van der Waals surface area contributed by atoms with E-state index in [0.29, 0.717) is 0 Å². The minimum Gasteiger partial charge on any atom is -0.449 e. The molecule has 3 aromatic carbocycles. The van der Waals surface area contributed by atoms with Crippen LogP contribution in [0.2, 0.25) is 0 Å². The molecular weight excluding hydrogens is 362 g/mol. The van der Waals surface area contributed by atoms with Crippen molar-refractivity contribution in [1.29, 1.82) is 0 Å². The van der Waals surface area contributed by atoms with E-state index in [9.17, 15) is 13.2 Å². The van der Waals surface area contributed by atoms with E-state index in [2.05, 4.69) is 4.72 Å². The first-order valence-corrected chi connectivity index (χ1v) is 9.84. The van der Waals surface area contributed by atoms with Crippen LogP contribution in [0, 0.1) is 0 Å². The van der Waals surface area contributed by atoms with Gasteiger partial charge in [-0.25, -0.2) is 17.9 Å². The minimum atomic E-state index is -3.64. The van der Waals surface area contributed by atoms with Gasteiger partial charge in [0.05, 0.1) is 10.5 Å². The molecule has 6 heteroatoms. The van der Waals surface area contributed by atoms with Crippen LogP contribution in [0.25, 0.3) is 0 Å². The number of ether oxygens (including phenoxy) is 1. The maximum Gasteiger partial charge on any atom is 0.339 e. The summed E-state index contributed by atoms with van der Waals surface area (Å²) in [5, 5.41) is 0. The molecule has 0 heterocycles. The highest BCUT2D eigenvalue weighted by atomic mass is 32.2. The van der Waals surface area contributed by atoms with E-state index in [1.807, 2.05) is 60.7 Å². The van der Waals surface area contributed by atoms with E-state index < -0.39 is 22.1 Å². The third-order valence-corrected chi connectivity index (χ3v) is 5.49. The van der Waals surface area contributed by atoms with Gasteiger partial charge in [-0.3, -0.25) is 0 Å². The van der Waals surface area contributed by atoms with Gasteiger partial charge in [-0.1, -0.05) is 66.7 Å². The fourth-order valence-electron chi connectivity index (χ4n) is 2.67. The molecule has 0 unspecified atom stereocenters. The Labute approximate surface area is 158 Å². The molecule has 0 fully saturated rings. The zero-order chi connectivity index (χ0) is 19.3. The summed E-state index contributed by atoms with van der Waals surface area (Å²) < 4.78 is 31.9.